The first-order chi connectivity index (χ1) is 10.5. The molecule has 0 aliphatic carbocycles. The molecular formula is C14H12BrN3O3S. The quantitative estimate of drug-likeness (QED) is 0.829. The minimum atomic E-state index is -0.723. The van der Waals surface area contributed by atoms with Gasteiger partial charge < -0.3 is 10.1 Å². The number of anilines is 1. The number of carbonyl (C=O) groups is 2. The van der Waals surface area contributed by atoms with Gasteiger partial charge in [-0.05, 0) is 40.5 Å². The summed E-state index contributed by atoms with van der Waals surface area (Å²) in [5, 5.41) is 3.07. The van der Waals surface area contributed by atoms with Crippen LogP contribution in [0.3, 0.4) is 0 Å². The predicted octanol–water partition coefficient (Wildman–Crippen LogP) is 3.02. The maximum atomic E-state index is 12.6. The van der Waals surface area contributed by atoms with Crippen LogP contribution in [0.2, 0.25) is 0 Å². The summed E-state index contributed by atoms with van der Waals surface area (Å²) in [5.41, 5.74) is 0.682. The summed E-state index contributed by atoms with van der Waals surface area (Å²) in [6.45, 7) is 1.87. The van der Waals surface area contributed by atoms with Crippen molar-refractivity contribution < 1.29 is 14.3 Å². The number of imide groups is 1. The standard InChI is InChI=1S/C14H12BrN3O3S/c1-7-6-16-14(22-7)18-12(19)11(17-13(18)20)8-3-4-10(21-2)9(15)5-8/h3-6,11H,1-2H3,(H,17,20). The number of aromatic nitrogens is 1. The first-order valence-electron chi connectivity index (χ1n) is 6.41. The third-order valence-electron chi connectivity index (χ3n) is 3.25. The van der Waals surface area contributed by atoms with E-state index in [4.69, 9.17) is 4.74 Å². The average molecular weight is 382 g/mol. The van der Waals surface area contributed by atoms with Gasteiger partial charge in [0.2, 0.25) is 5.13 Å². The summed E-state index contributed by atoms with van der Waals surface area (Å²) in [7, 11) is 1.56. The number of nitrogens with one attached hydrogen (secondary N) is 1. The van der Waals surface area contributed by atoms with E-state index in [0.29, 0.717) is 16.4 Å². The highest BCUT2D eigenvalue weighted by atomic mass is 79.9. The molecule has 2 heterocycles. The number of rotatable bonds is 3. The molecule has 1 aliphatic heterocycles. The number of aryl methyl sites for hydroxylation is 1. The summed E-state index contributed by atoms with van der Waals surface area (Å²) < 4.78 is 5.89. The third kappa shape index (κ3) is 2.48. The minimum absolute atomic E-state index is 0.337. The minimum Gasteiger partial charge on any atom is -0.496 e. The smallest absolute Gasteiger partial charge is 0.331 e. The lowest BCUT2D eigenvalue weighted by molar-refractivity contribution is -0.118. The molecule has 1 aliphatic rings. The van der Waals surface area contributed by atoms with Crippen molar-refractivity contribution in [3.8, 4) is 5.75 Å². The van der Waals surface area contributed by atoms with Crippen LogP contribution in [0.15, 0.2) is 28.9 Å². The average Bonchev–Trinajstić information content (AvgIpc) is 3.02. The van der Waals surface area contributed by atoms with Crippen molar-refractivity contribution in [2.75, 3.05) is 12.0 Å². The van der Waals surface area contributed by atoms with E-state index in [9.17, 15) is 9.59 Å². The van der Waals surface area contributed by atoms with Gasteiger partial charge >= 0.3 is 6.03 Å². The fourth-order valence-corrected chi connectivity index (χ4v) is 3.52. The van der Waals surface area contributed by atoms with Gasteiger partial charge in [-0.15, -0.1) is 11.3 Å². The Balaban J connectivity index is 1.92. The van der Waals surface area contributed by atoms with Gasteiger partial charge in [-0.3, -0.25) is 4.79 Å². The van der Waals surface area contributed by atoms with Crippen LogP contribution in [0.1, 0.15) is 16.5 Å². The second-order valence-corrected chi connectivity index (χ2v) is 6.77. The monoisotopic (exact) mass is 381 g/mol. The molecule has 8 heteroatoms. The zero-order valence-electron chi connectivity index (χ0n) is 11.8. The fourth-order valence-electron chi connectivity index (χ4n) is 2.19. The molecule has 0 spiro atoms. The number of nitrogens with zero attached hydrogens (tertiary/aromatic N) is 2. The van der Waals surface area contributed by atoms with Crippen molar-refractivity contribution in [3.63, 3.8) is 0 Å². The molecule has 1 N–H and O–H groups in total. The van der Waals surface area contributed by atoms with Gasteiger partial charge in [0.05, 0.1) is 11.6 Å². The Hall–Kier alpha value is -1.93. The van der Waals surface area contributed by atoms with Crippen LogP contribution in [0.25, 0.3) is 0 Å². The van der Waals surface area contributed by atoms with Gasteiger partial charge in [0.25, 0.3) is 5.91 Å². The number of amides is 3. The summed E-state index contributed by atoms with van der Waals surface area (Å²) in [4.78, 5) is 30.8. The number of urea groups is 1. The summed E-state index contributed by atoms with van der Waals surface area (Å²) >= 11 is 4.68. The summed E-state index contributed by atoms with van der Waals surface area (Å²) in [6, 6.07) is 4.08. The molecule has 114 valence electrons. The van der Waals surface area contributed by atoms with Crippen molar-refractivity contribution in [2.24, 2.45) is 0 Å². The maximum Gasteiger partial charge on any atom is 0.331 e. The molecule has 0 radical (unpaired) electrons. The largest absolute Gasteiger partial charge is 0.496 e. The van der Waals surface area contributed by atoms with E-state index >= 15 is 0 Å². The number of hydrogen-bond donors (Lipinski definition) is 1. The normalized spacial score (nSPS) is 17.8. The highest BCUT2D eigenvalue weighted by Crippen LogP contribution is 2.33. The molecule has 1 aromatic carbocycles. The van der Waals surface area contributed by atoms with E-state index in [1.54, 1.807) is 31.5 Å². The molecule has 1 saturated heterocycles. The maximum absolute atomic E-state index is 12.6. The first kappa shape index (κ1) is 15.0. The Bertz CT molecular complexity index is 762. The van der Waals surface area contributed by atoms with Crippen molar-refractivity contribution in [1.29, 1.82) is 0 Å². The van der Waals surface area contributed by atoms with Crippen molar-refractivity contribution in [2.45, 2.75) is 13.0 Å². The van der Waals surface area contributed by atoms with E-state index in [-0.39, 0.29) is 5.91 Å². The SMILES string of the molecule is COc1ccc(C2NC(=O)N(c3ncc(C)s3)C2=O)cc1Br. The summed E-state index contributed by atoms with van der Waals surface area (Å²) in [6.07, 6.45) is 1.64. The zero-order chi connectivity index (χ0) is 15.9. The van der Waals surface area contributed by atoms with Gasteiger partial charge in [-0.25, -0.2) is 14.7 Å². The second-order valence-electron chi connectivity index (χ2n) is 4.70. The van der Waals surface area contributed by atoms with Crippen molar-refractivity contribution in [1.82, 2.24) is 10.3 Å². The molecule has 22 heavy (non-hydrogen) atoms. The van der Waals surface area contributed by atoms with Crippen molar-refractivity contribution >= 4 is 44.3 Å². The Kier molecular flexibility index (Phi) is 3.88. The number of carbonyl (C=O) groups excluding carboxylic acids is 2. The van der Waals surface area contributed by atoms with Crippen LogP contribution in [0.4, 0.5) is 9.93 Å². The Morgan fingerprint density at radius 3 is 2.77 bits per heavy atom. The van der Waals surface area contributed by atoms with Crippen LogP contribution >= 0.6 is 27.3 Å². The number of thiazole rings is 1. The molecule has 2 aromatic rings. The number of benzene rings is 1. The van der Waals surface area contributed by atoms with Gasteiger partial charge in [0, 0.05) is 11.1 Å². The molecule has 1 atom stereocenters. The molecule has 3 amide bonds. The van der Waals surface area contributed by atoms with Crippen LogP contribution < -0.4 is 15.0 Å². The third-order valence-corrected chi connectivity index (χ3v) is 4.77. The molecule has 1 unspecified atom stereocenters. The topological polar surface area (TPSA) is 71.5 Å². The van der Waals surface area contributed by atoms with Crippen LogP contribution in [0.5, 0.6) is 5.75 Å². The molecule has 0 bridgehead atoms. The van der Waals surface area contributed by atoms with E-state index in [2.05, 4.69) is 26.2 Å². The molecule has 1 aromatic heterocycles. The number of halogens is 1. The van der Waals surface area contributed by atoms with Gasteiger partial charge in [0.1, 0.15) is 11.8 Å². The molecular weight excluding hydrogens is 370 g/mol. The van der Waals surface area contributed by atoms with E-state index in [1.165, 1.54) is 11.3 Å². The van der Waals surface area contributed by atoms with Crippen LogP contribution in [-0.2, 0) is 4.79 Å². The molecule has 3 rings (SSSR count). The number of methoxy groups -OCH3 is 1. The van der Waals surface area contributed by atoms with Gasteiger partial charge in [-0.1, -0.05) is 6.07 Å². The van der Waals surface area contributed by atoms with E-state index < -0.39 is 12.1 Å². The van der Waals surface area contributed by atoms with Crippen molar-refractivity contribution in [3.05, 3.63) is 39.3 Å². The predicted molar refractivity (Wildman–Crippen MR) is 86.3 cm³/mol. The Labute approximate surface area is 139 Å². The van der Waals surface area contributed by atoms with Crippen LogP contribution in [-0.4, -0.2) is 24.0 Å². The highest BCUT2D eigenvalue weighted by Gasteiger charge is 2.41. The molecule has 1 fully saturated rings. The lowest BCUT2D eigenvalue weighted by Crippen LogP contribution is -2.30. The van der Waals surface area contributed by atoms with Gasteiger partial charge in [-0.2, -0.15) is 0 Å². The zero-order valence-corrected chi connectivity index (χ0v) is 14.2. The number of hydrogen-bond acceptors (Lipinski definition) is 5. The fraction of sp³-hybridized carbons (Fsp3) is 0.214. The highest BCUT2D eigenvalue weighted by molar-refractivity contribution is 9.10. The van der Waals surface area contributed by atoms with Crippen LogP contribution in [0, 0.1) is 6.92 Å². The number of ether oxygens (including phenoxy) is 1. The van der Waals surface area contributed by atoms with Gasteiger partial charge in [0.15, 0.2) is 0 Å². The molecule has 0 saturated carbocycles. The Morgan fingerprint density at radius 1 is 1.41 bits per heavy atom. The molecule has 6 nitrogen and oxygen atoms in total. The van der Waals surface area contributed by atoms with E-state index in [1.807, 2.05) is 6.92 Å². The lowest BCUT2D eigenvalue weighted by atomic mass is 10.1. The lowest BCUT2D eigenvalue weighted by Gasteiger charge is -2.11. The Morgan fingerprint density at radius 2 is 2.18 bits per heavy atom. The summed E-state index contributed by atoms with van der Waals surface area (Å²) in [5.74, 6) is 0.323. The first-order valence-corrected chi connectivity index (χ1v) is 8.02. The second kappa shape index (κ2) is 5.69. The van der Waals surface area contributed by atoms with E-state index in [0.717, 1.165) is 14.2 Å².